The number of hydrogen-bond acceptors (Lipinski definition) is 5. The molecule has 5 nitrogen and oxygen atoms in total. The number of nitrogens with zero attached hydrogens (tertiary/aromatic N) is 3. The van der Waals surface area contributed by atoms with E-state index in [1.165, 1.54) is 16.2 Å². The van der Waals surface area contributed by atoms with Crippen LogP contribution in [-0.4, -0.2) is 52.8 Å². The van der Waals surface area contributed by atoms with Crippen molar-refractivity contribution in [1.29, 1.82) is 0 Å². The van der Waals surface area contributed by atoms with Gasteiger partial charge >= 0.3 is 0 Å². The Balaban J connectivity index is 1.17. The van der Waals surface area contributed by atoms with E-state index < -0.39 is 0 Å². The Bertz CT molecular complexity index is 1010. The van der Waals surface area contributed by atoms with Crippen molar-refractivity contribution in [1.82, 2.24) is 14.8 Å². The first kappa shape index (κ1) is 18.5. The SMILES string of the molecule is O=C(c1csc(-c2ccccc2)n1)N1CCN(C(=O)[C@H]2C[C@@H]2c2cccs2)CC1. The van der Waals surface area contributed by atoms with Gasteiger partial charge in [0, 0.05) is 53.8 Å². The highest BCUT2D eigenvalue weighted by Crippen LogP contribution is 2.50. The highest BCUT2D eigenvalue weighted by Gasteiger charge is 2.46. The number of rotatable bonds is 4. The third-order valence-electron chi connectivity index (χ3n) is 5.64. The largest absolute Gasteiger partial charge is 0.339 e. The van der Waals surface area contributed by atoms with Crippen LogP contribution in [-0.2, 0) is 4.79 Å². The smallest absolute Gasteiger partial charge is 0.273 e. The molecule has 2 fully saturated rings. The number of thiazole rings is 1. The number of piperazine rings is 1. The lowest BCUT2D eigenvalue weighted by Crippen LogP contribution is -2.51. The van der Waals surface area contributed by atoms with Crippen molar-refractivity contribution in [3.05, 3.63) is 63.8 Å². The van der Waals surface area contributed by atoms with Crippen LogP contribution in [0.3, 0.4) is 0 Å². The molecule has 0 N–H and O–H groups in total. The fourth-order valence-corrected chi connectivity index (χ4v) is 5.60. The van der Waals surface area contributed by atoms with Crippen LogP contribution >= 0.6 is 22.7 Å². The molecule has 0 bridgehead atoms. The Hall–Kier alpha value is -2.51. The van der Waals surface area contributed by atoms with Gasteiger partial charge in [-0.2, -0.15) is 0 Å². The standard InChI is InChI=1S/C22H21N3O2S2/c26-21(17-13-16(17)19-7-4-12-28-19)24-8-10-25(11-9-24)22(27)18-14-29-20(23-18)15-5-2-1-3-6-15/h1-7,12,14,16-17H,8-11,13H2/t16-,17-/m0/s1. The molecule has 2 atom stereocenters. The zero-order valence-corrected chi connectivity index (χ0v) is 17.5. The molecule has 1 aliphatic carbocycles. The van der Waals surface area contributed by atoms with E-state index in [-0.39, 0.29) is 17.7 Å². The van der Waals surface area contributed by atoms with Crippen LogP contribution in [0, 0.1) is 5.92 Å². The maximum atomic E-state index is 12.8. The van der Waals surface area contributed by atoms with Gasteiger partial charge in [0.15, 0.2) is 0 Å². The molecular formula is C22H21N3O2S2. The van der Waals surface area contributed by atoms with Gasteiger partial charge in [-0.15, -0.1) is 22.7 Å². The van der Waals surface area contributed by atoms with Crippen LogP contribution < -0.4 is 0 Å². The van der Waals surface area contributed by atoms with Crippen molar-refractivity contribution >= 4 is 34.5 Å². The molecule has 1 saturated carbocycles. The second kappa shape index (κ2) is 7.72. The van der Waals surface area contributed by atoms with E-state index in [9.17, 15) is 9.59 Å². The van der Waals surface area contributed by atoms with Gasteiger partial charge in [0.25, 0.3) is 5.91 Å². The summed E-state index contributed by atoms with van der Waals surface area (Å²) in [5.41, 5.74) is 1.52. The summed E-state index contributed by atoms with van der Waals surface area (Å²) in [6.45, 7) is 2.35. The first-order chi connectivity index (χ1) is 14.2. The molecule has 1 aromatic carbocycles. The lowest BCUT2D eigenvalue weighted by atomic mass is 10.2. The fraction of sp³-hybridized carbons (Fsp3) is 0.318. The number of benzene rings is 1. The van der Waals surface area contributed by atoms with E-state index in [0.29, 0.717) is 37.8 Å². The van der Waals surface area contributed by atoms with Crippen molar-refractivity contribution in [2.24, 2.45) is 5.92 Å². The van der Waals surface area contributed by atoms with Gasteiger partial charge in [0.05, 0.1) is 0 Å². The highest BCUT2D eigenvalue weighted by atomic mass is 32.1. The number of aromatic nitrogens is 1. The Kier molecular flexibility index (Phi) is 4.93. The normalized spacial score (nSPS) is 21.2. The van der Waals surface area contributed by atoms with E-state index in [1.807, 2.05) is 51.6 Å². The van der Waals surface area contributed by atoms with E-state index in [4.69, 9.17) is 0 Å². The predicted octanol–water partition coefficient (Wildman–Crippen LogP) is 3.96. The topological polar surface area (TPSA) is 53.5 Å². The van der Waals surface area contributed by atoms with Crippen molar-refractivity contribution in [3.63, 3.8) is 0 Å². The van der Waals surface area contributed by atoms with Gasteiger partial charge in [0.1, 0.15) is 10.7 Å². The van der Waals surface area contributed by atoms with Crippen LogP contribution in [0.15, 0.2) is 53.2 Å². The minimum absolute atomic E-state index is 0.0431. The molecule has 1 aliphatic heterocycles. The minimum atomic E-state index is -0.0431. The maximum absolute atomic E-state index is 12.8. The zero-order chi connectivity index (χ0) is 19.8. The first-order valence-corrected chi connectivity index (χ1v) is 11.6. The lowest BCUT2D eigenvalue weighted by Gasteiger charge is -2.34. The first-order valence-electron chi connectivity index (χ1n) is 9.83. The molecule has 3 heterocycles. The van der Waals surface area contributed by atoms with Crippen LogP contribution in [0.2, 0.25) is 0 Å². The highest BCUT2D eigenvalue weighted by molar-refractivity contribution is 7.13. The minimum Gasteiger partial charge on any atom is -0.339 e. The molecule has 7 heteroatoms. The molecular weight excluding hydrogens is 402 g/mol. The summed E-state index contributed by atoms with van der Waals surface area (Å²) in [6, 6.07) is 14.1. The third kappa shape index (κ3) is 3.72. The van der Waals surface area contributed by atoms with Crippen molar-refractivity contribution in [2.75, 3.05) is 26.2 Å². The second-order valence-corrected chi connectivity index (χ2v) is 9.32. The monoisotopic (exact) mass is 423 g/mol. The molecule has 3 aromatic rings. The quantitative estimate of drug-likeness (QED) is 0.638. The average molecular weight is 424 g/mol. The molecule has 2 amide bonds. The molecule has 2 aromatic heterocycles. The molecule has 2 aliphatic rings. The molecule has 148 valence electrons. The summed E-state index contributed by atoms with van der Waals surface area (Å²) < 4.78 is 0. The molecule has 29 heavy (non-hydrogen) atoms. The van der Waals surface area contributed by atoms with Crippen molar-refractivity contribution in [3.8, 4) is 10.6 Å². The van der Waals surface area contributed by atoms with Gasteiger partial charge in [-0.3, -0.25) is 9.59 Å². The molecule has 0 radical (unpaired) electrons. The molecule has 0 unspecified atom stereocenters. The zero-order valence-electron chi connectivity index (χ0n) is 15.9. The summed E-state index contributed by atoms with van der Waals surface area (Å²) in [4.78, 5) is 35.2. The predicted molar refractivity (Wildman–Crippen MR) is 115 cm³/mol. The van der Waals surface area contributed by atoms with Gasteiger partial charge in [-0.1, -0.05) is 36.4 Å². The van der Waals surface area contributed by atoms with Gasteiger partial charge in [-0.05, 0) is 17.9 Å². The van der Waals surface area contributed by atoms with E-state index in [0.717, 1.165) is 17.0 Å². The Labute approximate surface area is 177 Å². The van der Waals surface area contributed by atoms with E-state index in [1.54, 1.807) is 11.3 Å². The fourth-order valence-electron chi connectivity index (χ4n) is 3.90. The number of amides is 2. The summed E-state index contributed by atoms with van der Waals surface area (Å²) in [6.07, 6.45) is 0.958. The third-order valence-corrected chi connectivity index (χ3v) is 7.53. The summed E-state index contributed by atoms with van der Waals surface area (Å²) in [7, 11) is 0. The Morgan fingerprint density at radius 1 is 0.931 bits per heavy atom. The van der Waals surface area contributed by atoms with Crippen molar-refractivity contribution in [2.45, 2.75) is 12.3 Å². The van der Waals surface area contributed by atoms with Crippen LogP contribution in [0.4, 0.5) is 0 Å². The lowest BCUT2D eigenvalue weighted by molar-refractivity contribution is -0.134. The number of hydrogen-bond donors (Lipinski definition) is 0. The van der Waals surface area contributed by atoms with Crippen LogP contribution in [0.25, 0.3) is 10.6 Å². The van der Waals surface area contributed by atoms with E-state index >= 15 is 0 Å². The van der Waals surface area contributed by atoms with Crippen LogP contribution in [0.5, 0.6) is 0 Å². The summed E-state index contributed by atoms with van der Waals surface area (Å²) in [5.74, 6) is 0.727. The number of thiophene rings is 1. The van der Waals surface area contributed by atoms with Crippen LogP contribution in [0.1, 0.15) is 27.7 Å². The summed E-state index contributed by atoms with van der Waals surface area (Å²) >= 11 is 3.22. The Morgan fingerprint density at radius 2 is 1.69 bits per heavy atom. The Morgan fingerprint density at radius 3 is 2.41 bits per heavy atom. The molecule has 5 rings (SSSR count). The maximum Gasteiger partial charge on any atom is 0.273 e. The van der Waals surface area contributed by atoms with Gasteiger partial charge in [-0.25, -0.2) is 4.98 Å². The molecule has 1 saturated heterocycles. The second-order valence-electron chi connectivity index (χ2n) is 7.49. The summed E-state index contributed by atoms with van der Waals surface area (Å²) in [5, 5.41) is 4.76. The van der Waals surface area contributed by atoms with Crippen molar-refractivity contribution < 1.29 is 9.59 Å². The van der Waals surface area contributed by atoms with E-state index in [2.05, 4.69) is 16.4 Å². The number of carbonyl (C=O) groups excluding carboxylic acids is 2. The van der Waals surface area contributed by atoms with Gasteiger partial charge in [0.2, 0.25) is 5.91 Å². The van der Waals surface area contributed by atoms with Gasteiger partial charge < -0.3 is 9.80 Å². The average Bonchev–Trinajstić information content (AvgIpc) is 3.17. The molecule has 0 spiro atoms. The number of carbonyl (C=O) groups is 2.